The Kier molecular flexibility index (Phi) is 4.70. The van der Waals surface area contributed by atoms with Gasteiger partial charge in [0, 0.05) is 17.3 Å². The summed E-state index contributed by atoms with van der Waals surface area (Å²) in [4.78, 5) is 8.58. The Hall–Kier alpha value is -3.28. The smallest absolute Gasteiger partial charge is 0.220 e. The molecular formula is C19H19N3O3. The number of hydrogen-bond acceptors (Lipinski definition) is 6. The van der Waals surface area contributed by atoms with Gasteiger partial charge in [0.2, 0.25) is 11.7 Å². The first-order chi connectivity index (χ1) is 12.2. The Bertz CT molecular complexity index is 857. The number of anilines is 1. The van der Waals surface area contributed by atoms with Crippen LogP contribution in [-0.2, 0) is 0 Å². The molecule has 1 heterocycles. The normalized spacial score (nSPS) is 10.4. The summed E-state index contributed by atoms with van der Waals surface area (Å²) < 4.78 is 16.3. The number of rotatable bonds is 5. The Morgan fingerprint density at radius 2 is 1.48 bits per heavy atom. The van der Waals surface area contributed by atoms with Crippen molar-refractivity contribution in [3.8, 4) is 39.6 Å². The summed E-state index contributed by atoms with van der Waals surface area (Å²) >= 11 is 0. The average molecular weight is 337 g/mol. The van der Waals surface area contributed by atoms with Crippen LogP contribution in [0.25, 0.3) is 22.4 Å². The van der Waals surface area contributed by atoms with Crippen LogP contribution in [0.1, 0.15) is 0 Å². The van der Waals surface area contributed by atoms with Gasteiger partial charge >= 0.3 is 0 Å². The predicted molar refractivity (Wildman–Crippen MR) is 97.0 cm³/mol. The van der Waals surface area contributed by atoms with Crippen LogP contribution in [0, 0.1) is 0 Å². The molecule has 6 heteroatoms. The summed E-state index contributed by atoms with van der Waals surface area (Å²) in [6, 6.07) is 13.5. The third-order valence-electron chi connectivity index (χ3n) is 3.83. The van der Waals surface area contributed by atoms with Gasteiger partial charge in [0.1, 0.15) is 0 Å². The van der Waals surface area contributed by atoms with Crippen LogP contribution in [0.3, 0.4) is 0 Å². The molecule has 0 aliphatic rings. The van der Waals surface area contributed by atoms with Crippen molar-refractivity contribution in [1.29, 1.82) is 0 Å². The zero-order valence-electron chi connectivity index (χ0n) is 14.3. The van der Waals surface area contributed by atoms with Gasteiger partial charge in [-0.25, -0.2) is 9.97 Å². The number of methoxy groups -OCH3 is 3. The van der Waals surface area contributed by atoms with E-state index in [-0.39, 0.29) is 5.95 Å². The molecule has 1 aromatic heterocycles. The number of nitrogens with zero attached hydrogens (tertiary/aromatic N) is 2. The van der Waals surface area contributed by atoms with E-state index in [1.54, 1.807) is 27.5 Å². The maximum Gasteiger partial charge on any atom is 0.220 e. The van der Waals surface area contributed by atoms with Crippen LogP contribution in [-0.4, -0.2) is 31.3 Å². The molecule has 0 amide bonds. The lowest BCUT2D eigenvalue weighted by molar-refractivity contribution is 0.324. The lowest BCUT2D eigenvalue weighted by Gasteiger charge is -2.15. The van der Waals surface area contributed by atoms with E-state index in [9.17, 15) is 0 Å². The first-order valence-corrected chi connectivity index (χ1v) is 7.66. The molecule has 3 rings (SSSR count). The number of hydrogen-bond donors (Lipinski definition) is 1. The fraction of sp³-hybridized carbons (Fsp3) is 0.158. The number of aromatic nitrogens is 2. The second kappa shape index (κ2) is 7.09. The number of benzene rings is 2. The summed E-state index contributed by atoms with van der Waals surface area (Å²) in [5, 5.41) is 0. The molecule has 0 fully saturated rings. The molecule has 25 heavy (non-hydrogen) atoms. The Balaban J connectivity index is 2.24. The van der Waals surface area contributed by atoms with E-state index in [0.29, 0.717) is 17.2 Å². The van der Waals surface area contributed by atoms with Crippen LogP contribution in [0.4, 0.5) is 5.95 Å². The second-order valence-corrected chi connectivity index (χ2v) is 5.27. The summed E-state index contributed by atoms with van der Waals surface area (Å²) in [7, 11) is 4.74. The topological polar surface area (TPSA) is 79.5 Å². The van der Waals surface area contributed by atoms with Crippen LogP contribution in [0.5, 0.6) is 17.2 Å². The maximum absolute atomic E-state index is 5.81. The van der Waals surface area contributed by atoms with E-state index in [2.05, 4.69) is 9.97 Å². The molecule has 0 radical (unpaired) electrons. The standard InChI is InChI=1S/C19H19N3O3/c1-23-15-9-13(10-16(24-2)18(15)25-3)14-11-21-19(20)22-17(14)12-7-5-4-6-8-12/h4-11H,1-3H3,(H2,20,21,22). The van der Waals surface area contributed by atoms with E-state index in [4.69, 9.17) is 19.9 Å². The first kappa shape index (κ1) is 16.6. The van der Waals surface area contributed by atoms with E-state index in [1.165, 1.54) is 0 Å². The van der Waals surface area contributed by atoms with Crippen LogP contribution < -0.4 is 19.9 Å². The monoisotopic (exact) mass is 337 g/mol. The van der Waals surface area contributed by atoms with E-state index in [1.807, 2.05) is 42.5 Å². The van der Waals surface area contributed by atoms with Gasteiger partial charge in [-0.3, -0.25) is 0 Å². The molecule has 128 valence electrons. The molecule has 0 atom stereocenters. The minimum absolute atomic E-state index is 0.218. The Morgan fingerprint density at radius 3 is 2.04 bits per heavy atom. The maximum atomic E-state index is 5.81. The largest absolute Gasteiger partial charge is 0.493 e. The summed E-state index contributed by atoms with van der Waals surface area (Å²) in [5.41, 5.74) is 9.15. The highest BCUT2D eigenvalue weighted by Crippen LogP contribution is 2.42. The minimum atomic E-state index is 0.218. The lowest BCUT2D eigenvalue weighted by atomic mass is 10.00. The van der Waals surface area contributed by atoms with Gasteiger partial charge in [-0.05, 0) is 17.7 Å². The first-order valence-electron chi connectivity index (χ1n) is 7.66. The Morgan fingerprint density at radius 1 is 0.840 bits per heavy atom. The van der Waals surface area contributed by atoms with Gasteiger partial charge in [-0.1, -0.05) is 30.3 Å². The van der Waals surface area contributed by atoms with Crippen molar-refractivity contribution in [2.75, 3.05) is 27.1 Å². The van der Waals surface area contributed by atoms with Crippen molar-refractivity contribution in [2.24, 2.45) is 0 Å². The van der Waals surface area contributed by atoms with Gasteiger partial charge in [0.05, 0.1) is 27.0 Å². The molecule has 2 aromatic carbocycles. The van der Waals surface area contributed by atoms with Crippen LogP contribution in [0.2, 0.25) is 0 Å². The van der Waals surface area contributed by atoms with Gasteiger partial charge in [0.25, 0.3) is 0 Å². The predicted octanol–water partition coefficient (Wildman–Crippen LogP) is 3.42. The highest BCUT2D eigenvalue weighted by atomic mass is 16.5. The second-order valence-electron chi connectivity index (χ2n) is 5.27. The SMILES string of the molecule is COc1cc(-c2cnc(N)nc2-c2ccccc2)cc(OC)c1OC. The summed E-state index contributed by atoms with van der Waals surface area (Å²) in [5.74, 6) is 1.88. The third kappa shape index (κ3) is 3.19. The quantitative estimate of drug-likeness (QED) is 0.768. The average Bonchev–Trinajstić information content (AvgIpc) is 2.67. The van der Waals surface area contributed by atoms with Crippen molar-refractivity contribution in [3.05, 3.63) is 48.7 Å². The van der Waals surface area contributed by atoms with Gasteiger partial charge in [-0.15, -0.1) is 0 Å². The molecule has 0 unspecified atom stereocenters. The van der Waals surface area contributed by atoms with Crippen LogP contribution >= 0.6 is 0 Å². The van der Waals surface area contributed by atoms with Crippen molar-refractivity contribution in [1.82, 2.24) is 9.97 Å². The fourth-order valence-corrected chi connectivity index (χ4v) is 2.66. The number of ether oxygens (including phenoxy) is 3. The summed E-state index contributed by atoms with van der Waals surface area (Å²) in [6.07, 6.45) is 1.70. The number of nitrogens with two attached hydrogens (primary N) is 1. The zero-order chi connectivity index (χ0) is 17.8. The van der Waals surface area contributed by atoms with Crippen molar-refractivity contribution < 1.29 is 14.2 Å². The molecule has 0 bridgehead atoms. The molecule has 3 aromatic rings. The zero-order valence-corrected chi connectivity index (χ0v) is 14.3. The number of nitrogen functional groups attached to an aromatic ring is 1. The van der Waals surface area contributed by atoms with Gasteiger partial charge in [0.15, 0.2) is 11.5 Å². The van der Waals surface area contributed by atoms with E-state index in [0.717, 1.165) is 22.4 Å². The molecular weight excluding hydrogens is 318 g/mol. The molecule has 0 aliphatic carbocycles. The minimum Gasteiger partial charge on any atom is -0.493 e. The molecule has 2 N–H and O–H groups in total. The summed E-state index contributed by atoms with van der Waals surface area (Å²) in [6.45, 7) is 0. The lowest BCUT2D eigenvalue weighted by Crippen LogP contribution is -2.00. The molecule has 0 saturated heterocycles. The van der Waals surface area contributed by atoms with Crippen LogP contribution in [0.15, 0.2) is 48.7 Å². The molecule has 0 spiro atoms. The van der Waals surface area contributed by atoms with Crippen molar-refractivity contribution in [2.45, 2.75) is 0 Å². The van der Waals surface area contributed by atoms with Gasteiger partial charge < -0.3 is 19.9 Å². The van der Waals surface area contributed by atoms with Crippen molar-refractivity contribution in [3.63, 3.8) is 0 Å². The van der Waals surface area contributed by atoms with Crippen molar-refractivity contribution >= 4 is 5.95 Å². The fourth-order valence-electron chi connectivity index (χ4n) is 2.66. The molecule has 0 saturated carbocycles. The third-order valence-corrected chi connectivity index (χ3v) is 3.83. The highest BCUT2D eigenvalue weighted by Gasteiger charge is 2.17. The van der Waals surface area contributed by atoms with E-state index < -0.39 is 0 Å². The van der Waals surface area contributed by atoms with Gasteiger partial charge in [-0.2, -0.15) is 0 Å². The molecule has 6 nitrogen and oxygen atoms in total. The Labute approximate surface area is 146 Å². The van der Waals surface area contributed by atoms with E-state index >= 15 is 0 Å². The molecule has 0 aliphatic heterocycles. The highest BCUT2D eigenvalue weighted by molar-refractivity contribution is 5.83.